The Balaban J connectivity index is 3.01. The van der Waals surface area contributed by atoms with Gasteiger partial charge in [-0.1, -0.05) is 30.3 Å². The first kappa shape index (κ1) is 32.0. The first-order valence-corrected chi connectivity index (χ1v) is 12.0. The van der Waals surface area contributed by atoms with E-state index in [9.17, 15) is 33.9 Å². The highest BCUT2D eigenvalue weighted by Gasteiger charge is 2.31. The van der Waals surface area contributed by atoms with E-state index in [1.54, 1.807) is 30.3 Å². The normalized spacial score (nSPS) is 13.8. The van der Waals surface area contributed by atoms with Crippen LogP contribution in [0.4, 0.5) is 0 Å². The molecule has 0 aromatic heterocycles. The highest BCUT2D eigenvalue weighted by Crippen LogP contribution is 2.07. The van der Waals surface area contributed by atoms with Crippen LogP contribution in [0.5, 0.6) is 0 Å². The number of carboxylic acid groups (broad SMARTS) is 3. The Labute approximate surface area is 219 Å². The molecule has 14 heteroatoms. The summed E-state index contributed by atoms with van der Waals surface area (Å²) in [5.74, 6) is -6.49. The average molecular weight is 538 g/mol. The minimum absolute atomic E-state index is 0.00771. The molecule has 0 spiro atoms. The lowest BCUT2D eigenvalue weighted by molar-refractivity contribution is -0.143. The van der Waals surface area contributed by atoms with Crippen LogP contribution < -0.4 is 27.4 Å². The van der Waals surface area contributed by atoms with Gasteiger partial charge in [0.1, 0.15) is 18.1 Å². The van der Waals surface area contributed by atoms with Crippen LogP contribution in [0, 0.1) is 0 Å². The summed E-state index contributed by atoms with van der Waals surface area (Å²) in [5.41, 5.74) is 12.1. The molecular weight excluding hydrogens is 502 g/mol. The minimum atomic E-state index is -1.47. The van der Waals surface area contributed by atoms with Crippen LogP contribution in [0.2, 0.25) is 0 Å². The van der Waals surface area contributed by atoms with Crippen LogP contribution in [-0.2, 0) is 35.2 Å². The predicted octanol–water partition coefficient (Wildman–Crippen LogP) is -1.44. The number of rotatable bonds is 18. The number of carbonyl (C=O) groups excluding carboxylic acids is 3. The van der Waals surface area contributed by atoms with E-state index < -0.39 is 72.6 Å². The van der Waals surface area contributed by atoms with E-state index in [1.165, 1.54) is 0 Å². The van der Waals surface area contributed by atoms with E-state index in [4.69, 9.17) is 21.7 Å². The van der Waals surface area contributed by atoms with Gasteiger partial charge in [-0.05, 0) is 44.2 Å². The average Bonchev–Trinajstić information content (AvgIpc) is 2.86. The third kappa shape index (κ3) is 12.3. The highest BCUT2D eigenvalue weighted by atomic mass is 16.4. The highest BCUT2D eigenvalue weighted by molar-refractivity contribution is 5.94. The Kier molecular flexibility index (Phi) is 14.0. The zero-order chi connectivity index (χ0) is 28.7. The van der Waals surface area contributed by atoms with Crippen LogP contribution in [0.1, 0.15) is 44.1 Å². The van der Waals surface area contributed by atoms with Crippen molar-refractivity contribution >= 4 is 35.6 Å². The molecule has 0 radical (unpaired) electrons. The van der Waals surface area contributed by atoms with Crippen molar-refractivity contribution in [1.29, 1.82) is 0 Å². The Morgan fingerprint density at radius 3 is 1.63 bits per heavy atom. The van der Waals surface area contributed by atoms with Crippen molar-refractivity contribution in [3.8, 4) is 0 Å². The van der Waals surface area contributed by atoms with Crippen molar-refractivity contribution in [2.45, 2.75) is 69.1 Å². The number of nitrogens with two attached hydrogens (primary N) is 2. The number of aliphatic carboxylic acids is 3. The van der Waals surface area contributed by atoms with Crippen molar-refractivity contribution in [3.05, 3.63) is 35.9 Å². The zero-order valence-corrected chi connectivity index (χ0v) is 20.8. The summed E-state index contributed by atoms with van der Waals surface area (Å²) in [6, 6.07) is 3.54. The molecular formula is C24H35N5O9. The lowest BCUT2D eigenvalue weighted by atomic mass is 10.0. The van der Waals surface area contributed by atoms with Crippen molar-refractivity contribution in [2.24, 2.45) is 11.5 Å². The van der Waals surface area contributed by atoms with Gasteiger partial charge in [0.05, 0.1) is 6.04 Å². The summed E-state index contributed by atoms with van der Waals surface area (Å²) in [7, 11) is 0. The molecule has 210 valence electrons. The molecule has 3 amide bonds. The molecule has 1 rings (SSSR count). The summed E-state index contributed by atoms with van der Waals surface area (Å²) >= 11 is 0. The second-order valence-electron chi connectivity index (χ2n) is 8.61. The topological polar surface area (TPSA) is 251 Å². The molecule has 0 unspecified atom stereocenters. The second-order valence-corrected chi connectivity index (χ2v) is 8.61. The van der Waals surface area contributed by atoms with Gasteiger partial charge in [0, 0.05) is 12.8 Å². The van der Waals surface area contributed by atoms with Gasteiger partial charge in [-0.25, -0.2) is 4.79 Å². The molecule has 0 saturated heterocycles. The SMILES string of the molecule is NCCC[C@H](NC(=O)[C@H](CCC(=O)O)NC(=O)[C@H](CCC(=O)O)NC(=O)[C@@H](N)Cc1ccccc1)C(=O)O. The fraction of sp³-hybridized carbons (Fsp3) is 0.500. The fourth-order valence-corrected chi connectivity index (χ4v) is 3.44. The first-order valence-electron chi connectivity index (χ1n) is 12.0. The predicted molar refractivity (Wildman–Crippen MR) is 134 cm³/mol. The molecule has 0 heterocycles. The molecule has 0 aliphatic rings. The van der Waals surface area contributed by atoms with Gasteiger partial charge in [-0.15, -0.1) is 0 Å². The van der Waals surface area contributed by atoms with Crippen molar-refractivity contribution in [2.75, 3.05) is 6.54 Å². The van der Waals surface area contributed by atoms with E-state index in [1.807, 2.05) is 0 Å². The smallest absolute Gasteiger partial charge is 0.326 e. The Bertz CT molecular complexity index is 973. The number of carbonyl (C=O) groups is 6. The summed E-state index contributed by atoms with van der Waals surface area (Å²) in [6.07, 6.45) is -1.33. The van der Waals surface area contributed by atoms with Gasteiger partial charge in [0.15, 0.2) is 0 Å². The largest absolute Gasteiger partial charge is 0.481 e. The van der Waals surface area contributed by atoms with Crippen molar-refractivity contribution in [3.63, 3.8) is 0 Å². The summed E-state index contributed by atoms with van der Waals surface area (Å²) in [5, 5.41) is 34.4. The lowest BCUT2D eigenvalue weighted by Gasteiger charge is -2.25. The molecule has 0 saturated carbocycles. The Morgan fingerprint density at radius 1 is 0.711 bits per heavy atom. The van der Waals surface area contributed by atoms with Gasteiger partial charge in [0.2, 0.25) is 17.7 Å². The molecule has 0 aliphatic heterocycles. The van der Waals surface area contributed by atoms with Gasteiger partial charge in [0.25, 0.3) is 0 Å². The number of amides is 3. The van der Waals surface area contributed by atoms with Gasteiger partial charge in [-0.2, -0.15) is 0 Å². The fourth-order valence-electron chi connectivity index (χ4n) is 3.44. The van der Waals surface area contributed by atoms with Crippen LogP contribution in [0.15, 0.2) is 30.3 Å². The number of carboxylic acids is 3. The maximum atomic E-state index is 13.0. The molecule has 4 atom stereocenters. The standard InChI is InChI=1S/C24H35N5O9/c25-12-4-7-18(24(37)38)29-23(36)17(9-11-20(32)33)28-22(35)16(8-10-19(30)31)27-21(34)15(26)13-14-5-2-1-3-6-14/h1-3,5-6,15-18H,4,7-13,25-26H2,(H,27,34)(H,28,35)(H,29,36)(H,30,31)(H,32,33)(H,37,38)/t15-,16-,17-,18-/m0/s1. The monoisotopic (exact) mass is 537 g/mol. The second kappa shape index (κ2) is 16.7. The molecule has 10 N–H and O–H groups in total. The number of benzene rings is 1. The third-order valence-electron chi connectivity index (χ3n) is 5.51. The van der Waals surface area contributed by atoms with E-state index in [2.05, 4.69) is 16.0 Å². The van der Waals surface area contributed by atoms with Crippen LogP contribution in [0.25, 0.3) is 0 Å². The maximum Gasteiger partial charge on any atom is 0.326 e. The number of hydrogen-bond acceptors (Lipinski definition) is 8. The summed E-state index contributed by atoms with van der Waals surface area (Å²) < 4.78 is 0. The van der Waals surface area contributed by atoms with Crippen molar-refractivity contribution in [1.82, 2.24) is 16.0 Å². The maximum absolute atomic E-state index is 13.0. The molecule has 38 heavy (non-hydrogen) atoms. The molecule has 14 nitrogen and oxygen atoms in total. The molecule has 1 aromatic rings. The molecule has 0 fully saturated rings. The van der Waals surface area contributed by atoms with Crippen molar-refractivity contribution < 1.29 is 44.1 Å². The van der Waals surface area contributed by atoms with E-state index in [-0.39, 0.29) is 38.6 Å². The van der Waals surface area contributed by atoms with Crippen LogP contribution in [-0.4, -0.2) is 81.7 Å². The molecule has 0 aliphatic carbocycles. The van der Waals surface area contributed by atoms with E-state index in [0.29, 0.717) is 0 Å². The third-order valence-corrected chi connectivity index (χ3v) is 5.51. The number of nitrogens with one attached hydrogen (secondary N) is 3. The van der Waals surface area contributed by atoms with Crippen LogP contribution >= 0.6 is 0 Å². The minimum Gasteiger partial charge on any atom is -0.481 e. The lowest BCUT2D eigenvalue weighted by Crippen LogP contribution is -2.57. The van der Waals surface area contributed by atoms with E-state index >= 15 is 0 Å². The Hall–Kier alpha value is -4.04. The van der Waals surface area contributed by atoms with Gasteiger partial charge in [-0.3, -0.25) is 24.0 Å². The molecule has 0 bridgehead atoms. The quantitative estimate of drug-likeness (QED) is 0.108. The summed E-state index contributed by atoms with van der Waals surface area (Å²) in [6.45, 7) is 0.177. The van der Waals surface area contributed by atoms with Gasteiger partial charge >= 0.3 is 17.9 Å². The van der Waals surface area contributed by atoms with Crippen LogP contribution in [0.3, 0.4) is 0 Å². The first-order chi connectivity index (χ1) is 17.9. The zero-order valence-electron chi connectivity index (χ0n) is 20.8. The number of hydrogen-bond donors (Lipinski definition) is 8. The molecule has 1 aromatic carbocycles. The van der Waals surface area contributed by atoms with E-state index in [0.717, 1.165) is 5.56 Å². The Morgan fingerprint density at radius 2 is 1.18 bits per heavy atom. The van der Waals surface area contributed by atoms with Gasteiger partial charge < -0.3 is 42.7 Å². The summed E-state index contributed by atoms with van der Waals surface area (Å²) in [4.78, 5) is 72.1.